The van der Waals surface area contributed by atoms with Crippen LogP contribution in [0.4, 0.5) is 0 Å². The molecule has 2 rings (SSSR count). The van der Waals surface area contributed by atoms with Crippen LogP contribution in [0, 0.1) is 0 Å². The first kappa shape index (κ1) is 12.3. The fourth-order valence-electron chi connectivity index (χ4n) is 2.04. The lowest BCUT2D eigenvalue weighted by atomic mass is 10.0. The Kier molecular flexibility index (Phi) is 3.40. The highest BCUT2D eigenvalue weighted by Gasteiger charge is 2.32. The molecule has 1 unspecified atom stereocenters. The predicted octanol–water partition coefficient (Wildman–Crippen LogP) is -0.151. The maximum atomic E-state index is 12.1. The van der Waals surface area contributed by atoms with Gasteiger partial charge >= 0.3 is 5.97 Å². The zero-order valence-electron chi connectivity index (χ0n) is 9.63. The number of carbonyl (C=O) groups is 2. The molecule has 7 heteroatoms. The van der Waals surface area contributed by atoms with Crippen molar-refractivity contribution < 1.29 is 14.7 Å². The third kappa shape index (κ3) is 2.39. The second kappa shape index (κ2) is 4.99. The summed E-state index contributed by atoms with van der Waals surface area (Å²) in [5.74, 6) is -1.47. The summed E-state index contributed by atoms with van der Waals surface area (Å²) >= 11 is 0. The Labute approximate surface area is 102 Å². The van der Waals surface area contributed by atoms with Gasteiger partial charge in [-0.1, -0.05) is 0 Å². The van der Waals surface area contributed by atoms with E-state index in [1.807, 2.05) is 0 Å². The molecule has 0 aliphatic carbocycles. The van der Waals surface area contributed by atoms with E-state index in [4.69, 9.17) is 5.11 Å². The van der Waals surface area contributed by atoms with Gasteiger partial charge in [0.2, 0.25) is 0 Å². The molecular formula is C11H13N3O4. The SMILES string of the molecule is O=C(O)C1CCCCN1C(=O)c1ccc(=O)[nH]n1. The fraction of sp³-hybridized carbons (Fsp3) is 0.455. The number of likely N-dealkylation sites (tertiary alicyclic amines) is 1. The first-order valence-corrected chi connectivity index (χ1v) is 5.69. The number of hydrogen-bond donors (Lipinski definition) is 2. The average Bonchev–Trinajstić information content (AvgIpc) is 2.39. The van der Waals surface area contributed by atoms with Crippen LogP contribution in [0.25, 0.3) is 0 Å². The molecule has 0 bridgehead atoms. The van der Waals surface area contributed by atoms with E-state index in [9.17, 15) is 14.4 Å². The number of nitrogens with one attached hydrogen (secondary N) is 1. The number of rotatable bonds is 2. The van der Waals surface area contributed by atoms with Crippen LogP contribution in [0.15, 0.2) is 16.9 Å². The molecule has 2 N–H and O–H groups in total. The topological polar surface area (TPSA) is 103 Å². The smallest absolute Gasteiger partial charge is 0.326 e. The molecule has 0 spiro atoms. The van der Waals surface area contributed by atoms with Crippen LogP contribution in [0.1, 0.15) is 29.8 Å². The molecule has 1 atom stereocenters. The highest BCUT2D eigenvalue weighted by atomic mass is 16.4. The summed E-state index contributed by atoms with van der Waals surface area (Å²) in [4.78, 5) is 35.3. The predicted molar refractivity (Wildman–Crippen MR) is 61.2 cm³/mol. The van der Waals surface area contributed by atoms with Gasteiger partial charge in [-0.3, -0.25) is 9.59 Å². The molecule has 0 saturated carbocycles. The van der Waals surface area contributed by atoms with Crippen molar-refractivity contribution in [2.75, 3.05) is 6.54 Å². The number of hydrogen-bond acceptors (Lipinski definition) is 4. The van der Waals surface area contributed by atoms with Crippen molar-refractivity contribution in [1.82, 2.24) is 15.1 Å². The van der Waals surface area contributed by atoms with Gasteiger partial charge < -0.3 is 10.0 Å². The van der Waals surface area contributed by atoms with Crippen LogP contribution in [0.2, 0.25) is 0 Å². The molecule has 0 radical (unpaired) electrons. The van der Waals surface area contributed by atoms with E-state index in [-0.39, 0.29) is 5.69 Å². The fourth-order valence-corrected chi connectivity index (χ4v) is 2.04. The van der Waals surface area contributed by atoms with Gasteiger partial charge in [-0.2, -0.15) is 5.10 Å². The van der Waals surface area contributed by atoms with Gasteiger partial charge in [0.25, 0.3) is 11.5 Å². The Balaban J connectivity index is 2.23. The normalized spacial score (nSPS) is 19.6. The Morgan fingerprint density at radius 3 is 2.78 bits per heavy atom. The summed E-state index contributed by atoms with van der Waals surface area (Å²) in [7, 11) is 0. The number of aliphatic carboxylic acids is 1. The monoisotopic (exact) mass is 251 g/mol. The Morgan fingerprint density at radius 2 is 2.17 bits per heavy atom. The van der Waals surface area contributed by atoms with Crippen LogP contribution in [-0.2, 0) is 4.79 Å². The van der Waals surface area contributed by atoms with Gasteiger partial charge in [0.15, 0.2) is 0 Å². The molecule has 96 valence electrons. The number of carboxylic acid groups (broad SMARTS) is 1. The summed E-state index contributed by atoms with van der Waals surface area (Å²) in [6.45, 7) is 0.399. The Hall–Kier alpha value is -2.18. The lowest BCUT2D eigenvalue weighted by molar-refractivity contribution is -0.143. The maximum absolute atomic E-state index is 12.1. The van der Waals surface area contributed by atoms with Gasteiger partial charge in [-0.05, 0) is 25.3 Å². The minimum Gasteiger partial charge on any atom is -0.480 e. The molecular weight excluding hydrogens is 238 g/mol. The van der Waals surface area contributed by atoms with Crippen molar-refractivity contribution in [3.8, 4) is 0 Å². The zero-order valence-corrected chi connectivity index (χ0v) is 9.63. The summed E-state index contributed by atoms with van der Waals surface area (Å²) in [6, 6.07) is 1.69. The lowest BCUT2D eigenvalue weighted by Gasteiger charge is -2.32. The largest absolute Gasteiger partial charge is 0.480 e. The standard InChI is InChI=1S/C11H13N3O4/c15-9-5-4-7(12-13-9)10(16)14-6-2-1-3-8(14)11(17)18/h4-5,8H,1-3,6H2,(H,13,15)(H,17,18). The minimum atomic E-state index is -1.01. The molecule has 1 aliphatic heterocycles. The number of H-pyrrole nitrogens is 1. The van der Waals surface area contributed by atoms with E-state index in [0.29, 0.717) is 13.0 Å². The second-order valence-electron chi connectivity index (χ2n) is 4.15. The molecule has 1 fully saturated rings. The third-order valence-corrected chi connectivity index (χ3v) is 2.95. The van der Waals surface area contributed by atoms with E-state index >= 15 is 0 Å². The number of amides is 1. The van der Waals surface area contributed by atoms with Crippen LogP contribution in [0.5, 0.6) is 0 Å². The van der Waals surface area contributed by atoms with Crippen molar-refractivity contribution in [2.24, 2.45) is 0 Å². The van der Waals surface area contributed by atoms with Crippen LogP contribution in [-0.4, -0.2) is 44.7 Å². The molecule has 1 saturated heterocycles. The summed E-state index contributed by atoms with van der Waals surface area (Å²) in [5, 5.41) is 14.9. The van der Waals surface area contributed by atoms with Crippen molar-refractivity contribution in [3.05, 3.63) is 28.2 Å². The van der Waals surface area contributed by atoms with Crippen LogP contribution < -0.4 is 5.56 Å². The van der Waals surface area contributed by atoms with E-state index in [0.717, 1.165) is 12.8 Å². The van der Waals surface area contributed by atoms with Crippen molar-refractivity contribution in [1.29, 1.82) is 0 Å². The molecule has 1 aromatic rings. The van der Waals surface area contributed by atoms with Crippen molar-refractivity contribution in [2.45, 2.75) is 25.3 Å². The number of nitrogens with zero attached hydrogens (tertiary/aromatic N) is 2. The van der Waals surface area contributed by atoms with E-state index in [1.165, 1.54) is 17.0 Å². The molecule has 1 aromatic heterocycles. The van der Waals surface area contributed by atoms with E-state index in [1.54, 1.807) is 0 Å². The second-order valence-corrected chi connectivity index (χ2v) is 4.15. The first-order chi connectivity index (χ1) is 8.59. The quantitative estimate of drug-likeness (QED) is 0.760. The summed E-state index contributed by atoms with van der Waals surface area (Å²) in [6.07, 6.45) is 2.02. The molecule has 18 heavy (non-hydrogen) atoms. The molecule has 7 nitrogen and oxygen atoms in total. The zero-order chi connectivity index (χ0) is 13.1. The average molecular weight is 251 g/mol. The van der Waals surface area contributed by atoms with Crippen LogP contribution >= 0.6 is 0 Å². The van der Waals surface area contributed by atoms with Crippen molar-refractivity contribution in [3.63, 3.8) is 0 Å². The molecule has 2 heterocycles. The number of piperidine rings is 1. The maximum Gasteiger partial charge on any atom is 0.326 e. The van der Waals surface area contributed by atoms with Gasteiger partial charge in [0, 0.05) is 12.6 Å². The van der Waals surface area contributed by atoms with Crippen molar-refractivity contribution >= 4 is 11.9 Å². The van der Waals surface area contributed by atoms with E-state index < -0.39 is 23.5 Å². The summed E-state index contributed by atoms with van der Waals surface area (Å²) in [5.41, 5.74) is -0.345. The third-order valence-electron chi connectivity index (χ3n) is 2.95. The molecule has 1 amide bonds. The Morgan fingerprint density at radius 1 is 1.39 bits per heavy atom. The summed E-state index contributed by atoms with van der Waals surface area (Å²) < 4.78 is 0. The number of aromatic amines is 1. The number of aromatic nitrogens is 2. The number of carboxylic acids is 1. The van der Waals surface area contributed by atoms with Gasteiger partial charge in [0.1, 0.15) is 11.7 Å². The highest BCUT2D eigenvalue weighted by molar-refractivity contribution is 5.94. The van der Waals surface area contributed by atoms with Crippen LogP contribution in [0.3, 0.4) is 0 Å². The van der Waals surface area contributed by atoms with Gasteiger partial charge in [0.05, 0.1) is 0 Å². The van der Waals surface area contributed by atoms with Gasteiger partial charge in [-0.25, -0.2) is 9.89 Å². The Bertz CT molecular complexity index is 505. The van der Waals surface area contributed by atoms with E-state index in [2.05, 4.69) is 10.2 Å². The molecule has 0 aromatic carbocycles. The lowest BCUT2D eigenvalue weighted by Crippen LogP contribution is -2.48. The van der Waals surface area contributed by atoms with Gasteiger partial charge in [-0.15, -0.1) is 0 Å². The highest BCUT2D eigenvalue weighted by Crippen LogP contribution is 2.18. The minimum absolute atomic E-state index is 0.0581. The number of carbonyl (C=O) groups excluding carboxylic acids is 1. The molecule has 1 aliphatic rings. The first-order valence-electron chi connectivity index (χ1n) is 5.69.